The molecule has 3 rings (SSSR count). The van der Waals surface area contributed by atoms with Gasteiger partial charge in [0.25, 0.3) is 0 Å². The number of benzene rings is 2. The summed E-state index contributed by atoms with van der Waals surface area (Å²) in [5, 5.41) is 4.41. The quantitative estimate of drug-likeness (QED) is 0.864. The van der Waals surface area contributed by atoms with Gasteiger partial charge in [-0.25, -0.2) is 0 Å². The zero-order valence-electron chi connectivity index (χ0n) is 10.2. The fourth-order valence-electron chi connectivity index (χ4n) is 2.63. The van der Waals surface area contributed by atoms with E-state index in [2.05, 4.69) is 41.7 Å². The Morgan fingerprint density at radius 3 is 2.67 bits per heavy atom. The van der Waals surface area contributed by atoms with Crippen LogP contribution >= 0.6 is 11.6 Å². The molecule has 1 heterocycles. The Morgan fingerprint density at radius 2 is 1.83 bits per heavy atom. The van der Waals surface area contributed by atoms with Crippen LogP contribution in [-0.2, 0) is 12.8 Å². The van der Waals surface area contributed by atoms with Gasteiger partial charge in [-0.3, -0.25) is 0 Å². The molecule has 2 aromatic carbocycles. The van der Waals surface area contributed by atoms with Crippen molar-refractivity contribution in [1.29, 1.82) is 0 Å². The molecule has 0 saturated carbocycles. The molecule has 2 aromatic rings. The Morgan fingerprint density at radius 1 is 1.06 bits per heavy atom. The highest BCUT2D eigenvalue weighted by Gasteiger charge is 2.18. The summed E-state index contributed by atoms with van der Waals surface area (Å²) in [6, 6.07) is 17.3. The monoisotopic (exact) mass is 257 g/mol. The zero-order valence-corrected chi connectivity index (χ0v) is 11.0. The number of hydrogen-bond acceptors (Lipinski definition) is 1. The average molecular weight is 258 g/mol. The minimum atomic E-state index is 0.427. The van der Waals surface area contributed by atoms with E-state index in [1.165, 1.54) is 16.7 Å². The van der Waals surface area contributed by atoms with Crippen molar-refractivity contribution in [2.75, 3.05) is 6.54 Å². The van der Waals surface area contributed by atoms with E-state index >= 15 is 0 Å². The second-order valence-electron chi connectivity index (χ2n) is 4.79. The molecule has 0 spiro atoms. The Bertz CT molecular complexity index is 533. The van der Waals surface area contributed by atoms with Gasteiger partial charge in [-0.1, -0.05) is 48.0 Å². The van der Waals surface area contributed by atoms with Crippen LogP contribution in [0.1, 0.15) is 22.7 Å². The average Bonchev–Trinajstić information content (AvgIpc) is 2.42. The van der Waals surface area contributed by atoms with Crippen molar-refractivity contribution in [2.24, 2.45) is 0 Å². The molecule has 92 valence electrons. The number of rotatable bonds is 2. The topological polar surface area (TPSA) is 12.0 Å². The molecule has 0 aromatic heterocycles. The fourth-order valence-corrected chi connectivity index (χ4v) is 2.76. The van der Waals surface area contributed by atoms with Crippen LogP contribution in [0.4, 0.5) is 0 Å². The normalized spacial score (nSPS) is 18.4. The molecule has 18 heavy (non-hydrogen) atoms. The number of halogens is 1. The van der Waals surface area contributed by atoms with Gasteiger partial charge in [0.15, 0.2) is 0 Å². The lowest BCUT2D eigenvalue weighted by Crippen LogP contribution is -2.31. The third-order valence-electron chi connectivity index (χ3n) is 3.57. The molecule has 0 aliphatic carbocycles. The maximum Gasteiger partial charge on any atom is 0.0406 e. The predicted molar refractivity (Wildman–Crippen MR) is 76.0 cm³/mol. The van der Waals surface area contributed by atoms with Crippen LogP contribution in [0.5, 0.6) is 0 Å². The first-order valence-electron chi connectivity index (χ1n) is 6.38. The smallest absolute Gasteiger partial charge is 0.0406 e. The van der Waals surface area contributed by atoms with Crippen molar-refractivity contribution in [1.82, 2.24) is 5.32 Å². The van der Waals surface area contributed by atoms with Crippen LogP contribution in [-0.4, -0.2) is 6.54 Å². The van der Waals surface area contributed by atoms with Crippen LogP contribution in [0, 0.1) is 0 Å². The summed E-state index contributed by atoms with van der Waals surface area (Å²) in [6.07, 6.45) is 2.15. The summed E-state index contributed by atoms with van der Waals surface area (Å²) in [5.74, 6) is 0. The van der Waals surface area contributed by atoms with E-state index in [1.807, 2.05) is 12.1 Å². The molecule has 1 atom stereocenters. The summed E-state index contributed by atoms with van der Waals surface area (Å²) >= 11 is 5.92. The van der Waals surface area contributed by atoms with Gasteiger partial charge in [-0.05, 0) is 48.2 Å². The maximum atomic E-state index is 5.92. The summed E-state index contributed by atoms with van der Waals surface area (Å²) < 4.78 is 0. The van der Waals surface area contributed by atoms with Gasteiger partial charge in [-0.2, -0.15) is 0 Å². The van der Waals surface area contributed by atoms with E-state index in [4.69, 9.17) is 11.6 Å². The van der Waals surface area contributed by atoms with Gasteiger partial charge in [0.2, 0.25) is 0 Å². The minimum absolute atomic E-state index is 0.427. The predicted octanol–water partition coefficient (Wildman–Crippen LogP) is 3.77. The van der Waals surface area contributed by atoms with E-state index in [-0.39, 0.29) is 0 Å². The summed E-state index contributed by atoms with van der Waals surface area (Å²) in [4.78, 5) is 0. The van der Waals surface area contributed by atoms with Crippen LogP contribution in [0.25, 0.3) is 0 Å². The Kier molecular flexibility index (Phi) is 3.35. The molecule has 0 saturated heterocycles. The SMILES string of the molecule is Clc1ccc(CC2NCCc3ccccc32)cc1. The minimum Gasteiger partial charge on any atom is -0.309 e. The van der Waals surface area contributed by atoms with Gasteiger partial charge in [-0.15, -0.1) is 0 Å². The highest BCUT2D eigenvalue weighted by Crippen LogP contribution is 2.26. The molecule has 1 aliphatic heterocycles. The molecule has 1 nitrogen and oxygen atoms in total. The van der Waals surface area contributed by atoms with Crippen LogP contribution in [0.3, 0.4) is 0 Å². The zero-order chi connectivity index (χ0) is 12.4. The Labute approximate surface area is 113 Å². The lowest BCUT2D eigenvalue weighted by atomic mass is 9.90. The van der Waals surface area contributed by atoms with Gasteiger partial charge in [0.05, 0.1) is 0 Å². The van der Waals surface area contributed by atoms with Crippen LogP contribution < -0.4 is 5.32 Å². The third-order valence-corrected chi connectivity index (χ3v) is 3.82. The molecule has 1 N–H and O–H groups in total. The summed E-state index contributed by atoms with van der Waals surface area (Å²) in [5.41, 5.74) is 4.25. The van der Waals surface area contributed by atoms with Crippen molar-refractivity contribution >= 4 is 11.6 Å². The molecule has 0 radical (unpaired) electrons. The summed E-state index contributed by atoms with van der Waals surface area (Å²) in [7, 11) is 0. The molecular weight excluding hydrogens is 242 g/mol. The first kappa shape index (κ1) is 11.8. The molecule has 1 aliphatic rings. The number of hydrogen-bond donors (Lipinski definition) is 1. The third kappa shape index (κ3) is 2.43. The van der Waals surface area contributed by atoms with E-state index in [0.29, 0.717) is 6.04 Å². The standard InChI is InChI=1S/C16H16ClN/c17-14-7-5-12(6-8-14)11-16-15-4-2-1-3-13(15)9-10-18-16/h1-8,16,18H,9-11H2. The van der Waals surface area contributed by atoms with Crippen LogP contribution in [0.2, 0.25) is 5.02 Å². The maximum absolute atomic E-state index is 5.92. The molecule has 1 unspecified atom stereocenters. The van der Waals surface area contributed by atoms with Crippen molar-refractivity contribution in [3.05, 3.63) is 70.2 Å². The molecule has 2 heteroatoms. The highest BCUT2D eigenvalue weighted by atomic mass is 35.5. The number of nitrogens with one attached hydrogen (secondary N) is 1. The van der Waals surface area contributed by atoms with Gasteiger partial charge in [0.1, 0.15) is 0 Å². The fraction of sp³-hybridized carbons (Fsp3) is 0.250. The van der Waals surface area contributed by atoms with Crippen molar-refractivity contribution in [3.8, 4) is 0 Å². The second-order valence-corrected chi connectivity index (χ2v) is 5.22. The first-order chi connectivity index (χ1) is 8.83. The second kappa shape index (κ2) is 5.13. The van der Waals surface area contributed by atoms with Crippen molar-refractivity contribution < 1.29 is 0 Å². The molecule has 0 amide bonds. The van der Waals surface area contributed by atoms with E-state index in [0.717, 1.165) is 24.4 Å². The van der Waals surface area contributed by atoms with E-state index in [1.54, 1.807) is 0 Å². The largest absolute Gasteiger partial charge is 0.309 e. The van der Waals surface area contributed by atoms with Gasteiger partial charge < -0.3 is 5.32 Å². The Balaban J connectivity index is 1.84. The van der Waals surface area contributed by atoms with E-state index in [9.17, 15) is 0 Å². The Hall–Kier alpha value is -1.31. The van der Waals surface area contributed by atoms with Crippen molar-refractivity contribution in [2.45, 2.75) is 18.9 Å². The van der Waals surface area contributed by atoms with Gasteiger partial charge in [0, 0.05) is 11.1 Å². The van der Waals surface area contributed by atoms with Crippen molar-refractivity contribution in [3.63, 3.8) is 0 Å². The first-order valence-corrected chi connectivity index (χ1v) is 6.76. The number of fused-ring (bicyclic) bond motifs is 1. The lowest BCUT2D eigenvalue weighted by Gasteiger charge is -2.27. The van der Waals surface area contributed by atoms with Crippen LogP contribution in [0.15, 0.2) is 48.5 Å². The van der Waals surface area contributed by atoms with Gasteiger partial charge >= 0.3 is 0 Å². The molecule has 0 bridgehead atoms. The molecular formula is C16H16ClN. The summed E-state index contributed by atoms with van der Waals surface area (Å²) in [6.45, 7) is 1.06. The lowest BCUT2D eigenvalue weighted by molar-refractivity contribution is 0.502. The van der Waals surface area contributed by atoms with E-state index < -0.39 is 0 Å². The highest BCUT2D eigenvalue weighted by molar-refractivity contribution is 6.30. The molecule has 0 fully saturated rings.